The number of nitrogens with one attached hydrogen (secondary N) is 1. The minimum absolute atomic E-state index is 0.0551. The zero-order valence-electron chi connectivity index (χ0n) is 11.9. The monoisotopic (exact) mass is 253 g/mol. The average molecular weight is 253 g/mol. The van der Waals surface area contributed by atoms with Gasteiger partial charge in [0.25, 0.3) is 5.91 Å². The van der Waals surface area contributed by atoms with Gasteiger partial charge in [-0.3, -0.25) is 4.79 Å². The topological polar surface area (TPSA) is 29.1 Å². The summed E-state index contributed by atoms with van der Waals surface area (Å²) >= 11 is 0. The summed E-state index contributed by atoms with van der Waals surface area (Å²) in [6.07, 6.45) is 0. The molecule has 1 amide bonds. The van der Waals surface area contributed by atoms with Crippen LogP contribution in [0.5, 0.6) is 0 Å². The highest BCUT2D eigenvalue weighted by atomic mass is 16.1. The highest BCUT2D eigenvalue weighted by molar-refractivity contribution is 6.04. The Labute approximate surface area is 114 Å². The maximum absolute atomic E-state index is 12.3. The van der Waals surface area contributed by atoms with E-state index in [-0.39, 0.29) is 5.91 Å². The molecule has 98 valence electrons. The fourth-order valence-corrected chi connectivity index (χ4v) is 2.17. The van der Waals surface area contributed by atoms with Crippen LogP contribution in [0, 0.1) is 27.7 Å². The van der Waals surface area contributed by atoms with Gasteiger partial charge < -0.3 is 5.32 Å². The molecular formula is C17H19NO. The number of hydrogen-bond acceptors (Lipinski definition) is 1. The van der Waals surface area contributed by atoms with E-state index < -0.39 is 0 Å². The predicted molar refractivity (Wildman–Crippen MR) is 79.8 cm³/mol. The van der Waals surface area contributed by atoms with Gasteiger partial charge in [0, 0.05) is 11.3 Å². The van der Waals surface area contributed by atoms with Crippen molar-refractivity contribution in [3.63, 3.8) is 0 Å². The molecule has 2 aromatic rings. The number of anilines is 1. The van der Waals surface area contributed by atoms with Crippen LogP contribution in [0.1, 0.15) is 32.6 Å². The fourth-order valence-electron chi connectivity index (χ4n) is 2.17. The zero-order valence-corrected chi connectivity index (χ0v) is 11.9. The molecule has 1 N–H and O–H groups in total. The molecule has 19 heavy (non-hydrogen) atoms. The maximum Gasteiger partial charge on any atom is 0.255 e. The molecule has 0 radical (unpaired) electrons. The second-order valence-corrected chi connectivity index (χ2v) is 5.15. The molecule has 0 aromatic heterocycles. The summed E-state index contributed by atoms with van der Waals surface area (Å²) in [5.41, 5.74) is 6.00. The third-order valence-corrected chi connectivity index (χ3v) is 3.13. The highest BCUT2D eigenvalue weighted by Gasteiger charge is 2.08. The summed E-state index contributed by atoms with van der Waals surface area (Å²) in [6.45, 7) is 8.02. The van der Waals surface area contributed by atoms with Gasteiger partial charge in [0.1, 0.15) is 0 Å². The standard InChI is InChI=1S/C17H19NO/c1-11-5-6-14(4)16(10-11)18-17(19)15-8-12(2)7-13(3)9-15/h5-10H,1-4H3,(H,18,19). The Morgan fingerprint density at radius 3 is 2.11 bits per heavy atom. The number of carbonyl (C=O) groups excluding carboxylic acids is 1. The molecule has 0 aliphatic carbocycles. The van der Waals surface area contributed by atoms with Crippen LogP contribution in [0.25, 0.3) is 0 Å². The summed E-state index contributed by atoms with van der Waals surface area (Å²) in [5.74, 6) is -0.0551. The van der Waals surface area contributed by atoms with Gasteiger partial charge >= 0.3 is 0 Å². The van der Waals surface area contributed by atoms with Crippen LogP contribution in [0.3, 0.4) is 0 Å². The molecule has 0 atom stereocenters. The molecule has 2 aromatic carbocycles. The van der Waals surface area contributed by atoms with Crippen molar-refractivity contribution >= 4 is 11.6 Å². The van der Waals surface area contributed by atoms with E-state index in [2.05, 4.69) is 11.4 Å². The highest BCUT2D eigenvalue weighted by Crippen LogP contribution is 2.18. The molecule has 0 aliphatic heterocycles. The number of rotatable bonds is 2. The Bertz CT molecular complexity index is 609. The molecule has 0 aliphatic rings. The molecule has 2 heteroatoms. The molecule has 0 saturated heterocycles. The molecule has 0 heterocycles. The van der Waals surface area contributed by atoms with Crippen LogP contribution in [-0.4, -0.2) is 5.91 Å². The van der Waals surface area contributed by atoms with Gasteiger partial charge in [-0.15, -0.1) is 0 Å². The molecule has 0 spiro atoms. The van der Waals surface area contributed by atoms with Crippen molar-refractivity contribution in [1.29, 1.82) is 0 Å². The number of benzene rings is 2. The van der Waals surface area contributed by atoms with Crippen LogP contribution >= 0.6 is 0 Å². The maximum atomic E-state index is 12.3. The first kappa shape index (κ1) is 13.3. The fraction of sp³-hybridized carbons (Fsp3) is 0.235. The number of amides is 1. The van der Waals surface area contributed by atoms with E-state index in [1.54, 1.807) is 0 Å². The van der Waals surface area contributed by atoms with Gasteiger partial charge in [-0.1, -0.05) is 29.3 Å². The van der Waals surface area contributed by atoms with Gasteiger partial charge in [0.05, 0.1) is 0 Å². The number of carbonyl (C=O) groups is 1. The van der Waals surface area contributed by atoms with Crippen LogP contribution in [0.4, 0.5) is 5.69 Å². The molecule has 0 saturated carbocycles. The molecule has 2 rings (SSSR count). The summed E-state index contributed by atoms with van der Waals surface area (Å²) in [6, 6.07) is 11.9. The van der Waals surface area contributed by atoms with Crippen molar-refractivity contribution in [2.75, 3.05) is 5.32 Å². The largest absolute Gasteiger partial charge is 0.322 e. The minimum Gasteiger partial charge on any atom is -0.322 e. The third-order valence-electron chi connectivity index (χ3n) is 3.13. The first-order chi connectivity index (χ1) is 8.95. The first-order valence-corrected chi connectivity index (χ1v) is 6.42. The lowest BCUT2D eigenvalue weighted by Crippen LogP contribution is -2.13. The number of aryl methyl sites for hydroxylation is 4. The van der Waals surface area contributed by atoms with Crippen molar-refractivity contribution in [2.24, 2.45) is 0 Å². The Morgan fingerprint density at radius 1 is 0.842 bits per heavy atom. The number of hydrogen-bond donors (Lipinski definition) is 1. The van der Waals surface area contributed by atoms with Crippen LogP contribution in [-0.2, 0) is 0 Å². The second-order valence-electron chi connectivity index (χ2n) is 5.15. The third kappa shape index (κ3) is 3.22. The van der Waals surface area contributed by atoms with Crippen LogP contribution in [0.15, 0.2) is 36.4 Å². The van der Waals surface area contributed by atoms with E-state index in [0.717, 1.165) is 27.9 Å². The average Bonchev–Trinajstić information content (AvgIpc) is 2.32. The summed E-state index contributed by atoms with van der Waals surface area (Å²) in [4.78, 5) is 12.3. The summed E-state index contributed by atoms with van der Waals surface area (Å²) in [5, 5.41) is 2.98. The van der Waals surface area contributed by atoms with Crippen LogP contribution in [0.2, 0.25) is 0 Å². The normalized spacial score (nSPS) is 10.3. The van der Waals surface area contributed by atoms with Crippen molar-refractivity contribution < 1.29 is 4.79 Å². The minimum atomic E-state index is -0.0551. The molecule has 2 nitrogen and oxygen atoms in total. The smallest absolute Gasteiger partial charge is 0.255 e. The lowest BCUT2D eigenvalue weighted by Gasteiger charge is -2.10. The molecule has 0 bridgehead atoms. The SMILES string of the molecule is Cc1cc(C)cc(C(=O)Nc2cc(C)ccc2C)c1. The lowest BCUT2D eigenvalue weighted by atomic mass is 10.1. The van der Waals surface area contributed by atoms with E-state index in [1.165, 1.54) is 0 Å². The Hall–Kier alpha value is -2.09. The summed E-state index contributed by atoms with van der Waals surface area (Å²) < 4.78 is 0. The van der Waals surface area contributed by atoms with E-state index in [0.29, 0.717) is 5.56 Å². The van der Waals surface area contributed by atoms with Gasteiger partial charge in [-0.25, -0.2) is 0 Å². The van der Waals surface area contributed by atoms with Crippen LogP contribution < -0.4 is 5.32 Å². The Balaban J connectivity index is 2.28. The molecule has 0 fully saturated rings. The molecular weight excluding hydrogens is 234 g/mol. The van der Waals surface area contributed by atoms with Gasteiger partial charge in [0.2, 0.25) is 0 Å². The van der Waals surface area contributed by atoms with Crippen molar-refractivity contribution in [3.8, 4) is 0 Å². The van der Waals surface area contributed by atoms with Gasteiger partial charge in [-0.05, 0) is 57.0 Å². The summed E-state index contributed by atoms with van der Waals surface area (Å²) in [7, 11) is 0. The lowest BCUT2D eigenvalue weighted by molar-refractivity contribution is 0.102. The van der Waals surface area contributed by atoms with E-state index >= 15 is 0 Å². The van der Waals surface area contributed by atoms with E-state index in [9.17, 15) is 4.79 Å². The Morgan fingerprint density at radius 2 is 1.47 bits per heavy atom. The van der Waals surface area contributed by atoms with Gasteiger partial charge in [0.15, 0.2) is 0 Å². The Kier molecular flexibility index (Phi) is 3.70. The quantitative estimate of drug-likeness (QED) is 0.855. The van der Waals surface area contributed by atoms with Crippen molar-refractivity contribution in [1.82, 2.24) is 0 Å². The van der Waals surface area contributed by atoms with Crippen molar-refractivity contribution in [3.05, 3.63) is 64.2 Å². The van der Waals surface area contributed by atoms with E-state index in [1.807, 2.05) is 58.0 Å². The van der Waals surface area contributed by atoms with Crippen molar-refractivity contribution in [2.45, 2.75) is 27.7 Å². The second kappa shape index (κ2) is 5.27. The molecule has 0 unspecified atom stereocenters. The van der Waals surface area contributed by atoms with E-state index in [4.69, 9.17) is 0 Å². The predicted octanol–water partition coefficient (Wildman–Crippen LogP) is 4.17. The first-order valence-electron chi connectivity index (χ1n) is 6.42. The zero-order chi connectivity index (χ0) is 14.0. The van der Waals surface area contributed by atoms with Gasteiger partial charge in [-0.2, -0.15) is 0 Å².